The van der Waals surface area contributed by atoms with E-state index in [1.54, 1.807) is 32.0 Å². The summed E-state index contributed by atoms with van der Waals surface area (Å²) in [6.45, 7) is 3.31. The lowest BCUT2D eigenvalue weighted by atomic mass is 9.87. The average Bonchev–Trinajstić information content (AvgIpc) is 2.28. The maximum atomic E-state index is 12.3. The van der Waals surface area contributed by atoms with Crippen molar-refractivity contribution >= 4 is 5.97 Å². The summed E-state index contributed by atoms with van der Waals surface area (Å²) in [5, 5.41) is 11.4. The second-order valence-corrected chi connectivity index (χ2v) is 4.72. The molecular formula is C13H16F3NO2. The fourth-order valence-electron chi connectivity index (χ4n) is 1.84. The van der Waals surface area contributed by atoms with Gasteiger partial charge in [0.2, 0.25) is 0 Å². The standard InChI is InChI=1S/C13H16F3NO2/c1-8-4-5-9(2)10(6-8)12(3,11(18)19)17-7-13(14,15)16/h4-6,17H,7H2,1-3H3,(H,18,19). The van der Waals surface area contributed by atoms with Crippen LogP contribution in [-0.4, -0.2) is 23.8 Å². The monoisotopic (exact) mass is 275 g/mol. The summed E-state index contributed by atoms with van der Waals surface area (Å²) >= 11 is 0. The van der Waals surface area contributed by atoms with E-state index in [1.165, 1.54) is 6.92 Å². The maximum absolute atomic E-state index is 12.3. The smallest absolute Gasteiger partial charge is 0.401 e. The molecular weight excluding hydrogens is 259 g/mol. The Labute approximate surface area is 109 Å². The van der Waals surface area contributed by atoms with E-state index >= 15 is 0 Å². The number of nitrogens with one attached hydrogen (secondary N) is 1. The summed E-state index contributed by atoms with van der Waals surface area (Å²) in [7, 11) is 0. The molecule has 0 saturated heterocycles. The van der Waals surface area contributed by atoms with Crippen molar-refractivity contribution in [3.63, 3.8) is 0 Å². The first-order chi connectivity index (χ1) is 8.56. The fourth-order valence-corrected chi connectivity index (χ4v) is 1.84. The molecule has 0 aliphatic carbocycles. The Morgan fingerprint density at radius 1 is 1.32 bits per heavy atom. The van der Waals surface area contributed by atoms with Crippen LogP contribution in [0.15, 0.2) is 18.2 Å². The molecule has 1 unspecified atom stereocenters. The van der Waals surface area contributed by atoms with Crippen molar-refractivity contribution in [3.8, 4) is 0 Å². The second-order valence-electron chi connectivity index (χ2n) is 4.72. The molecule has 106 valence electrons. The largest absolute Gasteiger partial charge is 0.480 e. The number of carboxylic acids is 1. The van der Waals surface area contributed by atoms with E-state index in [9.17, 15) is 23.1 Å². The number of hydrogen-bond donors (Lipinski definition) is 2. The van der Waals surface area contributed by atoms with E-state index in [-0.39, 0.29) is 0 Å². The molecule has 1 atom stereocenters. The predicted molar refractivity (Wildman–Crippen MR) is 65.0 cm³/mol. The highest BCUT2D eigenvalue weighted by atomic mass is 19.4. The Hall–Kier alpha value is -1.56. The summed E-state index contributed by atoms with van der Waals surface area (Å²) in [5.74, 6) is -1.34. The maximum Gasteiger partial charge on any atom is 0.401 e. The number of rotatable bonds is 4. The summed E-state index contributed by atoms with van der Waals surface area (Å²) in [6.07, 6.45) is -4.46. The van der Waals surface area contributed by atoms with Gasteiger partial charge in [-0.15, -0.1) is 0 Å². The second kappa shape index (κ2) is 5.21. The van der Waals surface area contributed by atoms with E-state index in [0.717, 1.165) is 5.56 Å². The van der Waals surface area contributed by atoms with Gasteiger partial charge in [-0.1, -0.05) is 23.8 Å². The normalized spacial score (nSPS) is 15.1. The molecule has 0 aliphatic heterocycles. The predicted octanol–water partition coefficient (Wildman–Crippen LogP) is 2.76. The van der Waals surface area contributed by atoms with E-state index in [1.807, 2.05) is 0 Å². The highest BCUT2D eigenvalue weighted by Gasteiger charge is 2.40. The molecule has 0 fully saturated rings. The molecule has 0 radical (unpaired) electrons. The third-order valence-electron chi connectivity index (χ3n) is 3.00. The lowest BCUT2D eigenvalue weighted by Crippen LogP contribution is -2.50. The summed E-state index contributed by atoms with van der Waals surface area (Å²) < 4.78 is 36.9. The van der Waals surface area contributed by atoms with Crippen molar-refractivity contribution in [1.29, 1.82) is 0 Å². The lowest BCUT2D eigenvalue weighted by molar-refractivity contribution is -0.150. The van der Waals surface area contributed by atoms with Gasteiger partial charge in [-0.3, -0.25) is 5.32 Å². The molecule has 1 rings (SSSR count). The number of hydrogen-bond acceptors (Lipinski definition) is 2. The molecule has 19 heavy (non-hydrogen) atoms. The SMILES string of the molecule is Cc1ccc(C)c(C(C)(NCC(F)(F)F)C(=O)O)c1. The van der Waals surface area contributed by atoms with Crippen molar-refractivity contribution in [1.82, 2.24) is 5.32 Å². The van der Waals surface area contributed by atoms with Crippen LogP contribution in [0.25, 0.3) is 0 Å². The molecule has 0 amide bonds. The zero-order valence-electron chi connectivity index (χ0n) is 10.9. The number of carboxylic acid groups (broad SMARTS) is 1. The first-order valence-electron chi connectivity index (χ1n) is 5.69. The quantitative estimate of drug-likeness (QED) is 0.888. The molecule has 1 aromatic rings. The van der Waals surface area contributed by atoms with Gasteiger partial charge in [0.15, 0.2) is 0 Å². The zero-order chi connectivity index (χ0) is 14.8. The van der Waals surface area contributed by atoms with Crippen LogP contribution in [0.3, 0.4) is 0 Å². The number of carbonyl (C=O) groups is 1. The lowest BCUT2D eigenvalue weighted by Gasteiger charge is -2.29. The van der Waals surface area contributed by atoms with Gasteiger partial charge in [-0.25, -0.2) is 4.79 Å². The number of halogens is 3. The van der Waals surface area contributed by atoms with E-state index < -0.39 is 24.2 Å². The Morgan fingerprint density at radius 3 is 2.37 bits per heavy atom. The number of alkyl halides is 3. The molecule has 0 heterocycles. The number of aryl methyl sites for hydroxylation is 2. The minimum absolute atomic E-state index is 0.337. The Kier molecular flexibility index (Phi) is 4.25. The van der Waals surface area contributed by atoms with Crippen LogP contribution in [0.5, 0.6) is 0 Å². The third-order valence-corrected chi connectivity index (χ3v) is 3.00. The highest BCUT2D eigenvalue weighted by molar-refractivity contribution is 5.81. The van der Waals surface area contributed by atoms with Gasteiger partial charge in [0.05, 0.1) is 6.54 Å². The van der Waals surface area contributed by atoms with Gasteiger partial charge in [-0.05, 0) is 31.9 Å². The fraction of sp³-hybridized carbons (Fsp3) is 0.462. The minimum atomic E-state index is -4.46. The first kappa shape index (κ1) is 15.5. The molecule has 0 saturated carbocycles. The van der Waals surface area contributed by atoms with Gasteiger partial charge < -0.3 is 5.11 Å². The average molecular weight is 275 g/mol. The van der Waals surface area contributed by atoms with Crippen LogP contribution in [0.2, 0.25) is 0 Å². The third kappa shape index (κ3) is 3.70. The van der Waals surface area contributed by atoms with Crippen LogP contribution in [0.1, 0.15) is 23.6 Å². The van der Waals surface area contributed by atoms with E-state index in [0.29, 0.717) is 11.1 Å². The zero-order valence-corrected chi connectivity index (χ0v) is 10.9. The molecule has 3 nitrogen and oxygen atoms in total. The van der Waals surface area contributed by atoms with Crippen LogP contribution in [0.4, 0.5) is 13.2 Å². The van der Waals surface area contributed by atoms with Crippen molar-refractivity contribution in [2.24, 2.45) is 0 Å². The Morgan fingerprint density at radius 2 is 1.89 bits per heavy atom. The van der Waals surface area contributed by atoms with Gasteiger partial charge in [0, 0.05) is 0 Å². The topological polar surface area (TPSA) is 49.3 Å². The number of benzene rings is 1. The number of aliphatic carboxylic acids is 1. The molecule has 2 N–H and O–H groups in total. The molecule has 0 spiro atoms. The summed E-state index contributed by atoms with van der Waals surface area (Å²) in [4.78, 5) is 11.4. The van der Waals surface area contributed by atoms with Gasteiger partial charge in [0.25, 0.3) is 0 Å². The van der Waals surface area contributed by atoms with Crippen molar-refractivity contribution in [2.45, 2.75) is 32.5 Å². The van der Waals surface area contributed by atoms with Crippen LogP contribution in [0, 0.1) is 13.8 Å². The molecule has 0 bridgehead atoms. The van der Waals surface area contributed by atoms with Crippen molar-refractivity contribution in [3.05, 3.63) is 34.9 Å². The van der Waals surface area contributed by atoms with Gasteiger partial charge >= 0.3 is 12.1 Å². The molecule has 6 heteroatoms. The van der Waals surface area contributed by atoms with E-state index in [2.05, 4.69) is 5.32 Å². The van der Waals surface area contributed by atoms with Crippen LogP contribution >= 0.6 is 0 Å². The van der Waals surface area contributed by atoms with Crippen LogP contribution in [-0.2, 0) is 10.3 Å². The molecule has 0 aromatic heterocycles. The first-order valence-corrected chi connectivity index (χ1v) is 5.69. The Bertz CT molecular complexity index is 485. The Balaban J connectivity index is 3.19. The molecule has 1 aromatic carbocycles. The van der Waals surface area contributed by atoms with Crippen molar-refractivity contribution in [2.75, 3.05) is 6.54 Å². The highest BCUT2D eigenvalue weighted by Crippen LogP contribution is 2.27. The minimum Gasteiger partial charge on any atom is -0.480 e. The summed E-state index contributed by atoms with van der Waals surface area (Å²) in [6, 6.07) is 5.07. The van der Waals surface area contributed by atoms with Crippen molar-refractivity contribution < 1.29 is 23.1 Å². The van der Waals surface area contributed by atoms with Crippen LogP contribution < -0.4 is 5.32 Å². The summed E-state index contributed by atoms with van der Waals surface area (Å²) in [5.41, 5.74) is -0.0117. The van der Waals surface area contributed by atoms with Gasteiger partial charge in [0.1, 0.15) is 5.54 Å². The van der Waals surface area contributed by atoms with E-state index in [4.69, 9.17) is 0 Å². The molecule has 0 aliphatic rings. The van der Waals surface area contributed by atoms with Gasteiger partial charge in [-0.2, -0.15) is 13.2 Å².